The maximum Gasteiger partial charge on any atom is 0.472 e. The maximum absolute atomic E-state index is 12.6. The molecular weight excluding hydrogens is 735 g/mol. The smallest absolute Gasteiger partial charge is 0.462 e. The van der Waals surface area contributed by atoms with E-state index in [2.05, 4.69) is 60.9 Å². The van der Waals surface area contributed by atoms with Crippen molar-refractivity contribution in [1.82, 2.24) is 0 Å². The van der Waals surface area contributed by atoms with E-state index in [1.54, 1.807) is 0 Å². The van der Waals surface area contributed by atoms with E-state index < -0.39 is 51.8 Å². The number of carbonyl (C=O) groups excluding carboxylic acids is 2. The topological polar surface area (TPSA) is 161 Å². The van der Waals surface area contributed by atoms with E-state index in [1.807, 2.05) is 6.08 Å². The molecule has 3 unspecified atom stereocenters. The summed E-state index contributed by atoms with van der Waals surface area (Å²) >= 11 is 0. The van der Waals surface area contributed by atoms with Crippen LogP contribution in [0.4, 0.5) is 0 Å². The van der Waals surface area contributed by atoms with Crippen LogP contribution in [-0.4, -0.2) is 77.9 Å². The Morgan fingerprint density at radius 1 is 0.625 bits per heavy atom. The number of carbonyl (C=O) groups is 2. The number of aliphatic hydroxyl groups is 2. The van der Waals surface area contributed by atoms with E-state index >= 15 is 0 Å². The number of aliphatic hydroxyl groups excluding tert-OH is 2. The summed E-state index contributed by atoms with van der Waals surface area (Å²) in [5, 5.41) is 18.3. The molecule has 0 aromatic carbocycles. The van der Waals surface area contributed by atoms with Gasteiger partial charge in [0.2, 0.25) is 0 Å². The summed E-state index contributed by atoms with van der Waals surface area (Å²) < 4.78 is 38.4. The second kappa shape index (κ2) is 36.0. The summed E-state index contributed by atoms with van der Waals surface area (Å²) in [5.74, 6) is -1.01. The van der Waals surface area contributed by atoms with Gasteiger partial charge in [0.05, 0.1) is 32.0 Å². The molecule has 324 valence electrons. The van der Waals surface area contributed by atoms with Gasteiger partial charge in [0, 0.05) is 12.8 Å². The minimum atomic E-state index is -4.64. The van der Waals surface area contributed by atoms with Gasteiger partial charge in [0.15, 0.2) is 6.10 Å². The molecule has 1 aliphatic rings. The van der Waals surface area contributed by atoms with Crippen LogP contribution in [0.15, 0.2) is 48.6 Å². The van der Waals surface area contributed by atoms with Crippen LogP contribution in [0.3, 0.4) is 0 Å². The van der Waals surface area contributed by atoms with Crippen LogP contribution < -0.4 is 0 Å². The van der Waals surface area contributed by atoms with Gasteiger partial charge in [-0.1, -0.05) is 127 Å². The number of allylic oxidation sites excluding steroid dienone is 6. The van der Waals surface area contributed by atoms with Gasteiger partial charge in [-0.3, -0.25) is 18.6 Å². The quantitative estimate of drug-likeness (QED) is 0.0178. The van der Waals surface area contributed by atoms with Gasteiger partial charge in [-0.05, 0) is 77.0 Å². The average Bonchev–Trinajstić information content (AvgIpc) is 3.94. The van der Waals surface area contributed by atoms with Crippen molar-refractivity contribution in [3.8, 4) is 0 Å². The molecule has 1 saturated heterocycles. The Balaban J connectivity index is 2.30. The van der Waals surface area contributed by atoms with Crippen LogP contribution in [-0.2, 0) is 37.4 Å². The van der Waals surface area contributed by atoms with E-state index in [9.17, 15) is 24.2 Å². The zero-order chi connectivity index (χ0) is 41.0. The van der Waals surface area contributed by atoms with Crippen molar-refractivity contribution in [3.63, 3.8) is 0 Å². The van der Waals surface area contributed by atoms with Gasteiger partial charge in [-0.2, -0.15) is 0 Å². The lowest BCUT2D eigenvalue weighted by Gasteiger charge is -2.20. The average molecular weight is 813 g/mol. The third kappa shape index (κ3) is 32.9. The molecule has 1 aliphatic heterocycles. The summed E-state index contributed by atoms with van der Waals surface area (Å²) in [5.41, 5.74) is 0. The lowest BCUT2D eigenvalue weighted by Crippen LogP contribution is -2.29. The molecule has 0 spiro atoms. The Bertz CT molecular complexity index is 1140. The number of phosphoric acid groups is 1. The number of ether oxygens (including phenoxy) is 3. The molecule has 0 aliphatic carbocycles. The van der Waals surface area contributed by atoms with Crippen LogP contribution in [0.25, 0.3) is 0 Å². The highest BCUT2D eigenvalue weighted by Gasteiger charge is 2.36. The molecule has 1 fully saturated rings. The first-order valence-electron chi connectivity index (χ1n) is 21.7. The van der Waals surface area contributed by atoms with Crippen LogP contribution in [0.1, 0.15) is 168 Å². The minimum absolute atomic E-state index is 0.157. The zero-order valence-corrected chi connectivity index (χ0v) is 35.7. The fraction of sp³-hybridized carbons (Fsp3) is 0.773. The molecule has 0 aromatic heterocycles. The number of unbranched alkanes of at least 4 members (excludes halogenated alkanes) is 15. The molecule has 0 bridgehead atoms. The highest BCUT2D eigenvalue weighted by atomic mass is 31.2. The Kier molecular flexibility index (Phi) is 33.4. The van der Waals surface area contributed by atoms with Crippen LogP contribution in [0.5, 0.6) is 0 Å². The van der Waals surface area contributed by atoms with Gasteiger partial charge >= 0.3 is 19.8 Å². The zero-order valence-electron chi connectivity index (χ0n) is 34.8. The predicted octanol–water partition coefficient (Wildman–Crippen LogP) is 10.3. The monoisotopic (exact) mass is 813 g/mol. The number of esters is 2. The Morgan fingerprint density at radius 3 is 1.77 bits per heavy atom. The van der Waals surface area contributed by atoms with Gasteiger partial charge < -0.3 is 29.3 Å². The van der Waals surface area contributed by atoms with E-state index in [-0.39, 0.29) is 19.4 Å². The van der Waals surface area contributed by atoms with Crippen molar-refractivity contribution >= 4 is 19.8 Å². The van der Waals surface area contributed by atoms with Crippen molar-refractivity contribution in [3.05, 3.63) is 48.6 Å². The predicted molar refractivity (Wildman–Crippen MR) is 223 cm³/mol. The Morgan fingerprint density at radius 2 is 1.11 bits per heavy atom. The standard InChI is InChI=1S/C44H77O11P/c1-3-5-7-9-11-12-13-14-15-16-17-18-21-26-30-34-44(48)54-40(38-53-56(49,50)52-36-39(46)35-45)37-51-43(47)33-29-25-22-19-20-24-28-32-42-41(55-42)31-27-23-10-8-6-4-2/h14-15,19,22-24,27-28,39-42,45-46H,3-13,16-18,20-21,25-26,29-38H2,1-2H3,(H,49,50)/b15-14-,22-19-,27-23-,28-24-/t39-,40+,41?,42?/m0/s1. The van der Waals surface area contributed by atoms with Crippen LogP contribution in [0, 0.1) is 0 Å². The summed E-state index contributed by atoms with van der Waals surface area (Å²) in [4.78, 5) is 35.0. The summed E-state index contributed by atoms with van der Waals surface area (Å²) in [7, 11) is -4.64. The molecule has 0 radical (unpaired) electrons. The van der Waals surface area contributed by atoms with Gasteiger partial charge in [0.25, 0.3) is 0 Å². The summed E-state index contributed by atoms with van der Waals surface area (Å²) in [6.07, 6.45) is 39.7. The van der Waals surface area contributed by atoms with Crippen LogP contribution in [0.2, 0.25) is 0 Å². The van der Waals surface area contributed by atoms with Crippen molar-refractivity contribution in [2.75, 3.05) is 26.4 Å². The van der Waals surface area contributed by atoms with Crippen LogP contribution >= 0.6 is 7.82 Å². The Labute approximate surface area is 338 Å². The van der Waals surface area contributed by atoms with Crippen molar-refractivity contribution in [1.29, 1.82) is 0 Å². The molecule has 1 rings (SSSR count). The SMILES string of the molecule is CCCCC/C=C\CC1OC1C/C=C\C/C=C\CCCC(=O)OC[C@H](COP(=O)(O)OC[C@@H](O)CO)OC(=O)CCCCCCC/C=C\CCCCCCCC. The summed E-state index contributed by atoms with van der Waals surface area (Å²) in [6, 6.07) is 0. The van der Waals surface area contributed by atoms with E-state index in [0.717, 1.165) is 64.2 Å². The first-order chi connectivity index (χ1) is 27.2. The molecule has 11 nitrogen and oxygen atoms in total. The number of epoxide rings is 1. The third-order valence-electron chi connectivity index (χ3n) is 9.36. The van der Waals surface area contributed by atoms with E-state index in [1.165, 1.54) is 57.8 Å². The fourth-order valence-corrected chi connectivity index (χ4v) is 6.63. The number of phosphoric ester groups is 1. The molecule has 0 saturated carbocycles. The highest BCUT2D eigenvalue weighted by Crippen LogP contribution is 2.43. The Hall–Kier alpha value is -2.11. The van der Waals surface area contributed by atoms with Crippen molar-refractivity contribution < 1.29 is 52.5 Å². The molecule has 56 heavy (non-hydrogen) atoms. The lowest BCUT2D eigenvalue weighted by atomic mass is 10.1. The van der Waals surface area contributed by atoms with Gasteiger partial charge in [-0.25, -0.2) is 4.57 Å². The molecule has 1 heterocycles. The molecule has 0 amide bonds. The second-order valence-electron chi connectivity index (χ2n) is 14.7. The normalized spacial score (nSPS) is 17.9. The van der Waals surface area contributed by atoms with Crippen molar-refractivity contribution in [2.24, 2.45) is 0 Å². The number of rotatable bonds is 39. The third-order valence-corrected chi connectivity index (χ3v) is 10.3. The highest BCUT2D eigenvalue weighted by molar-refractivity contribution is 7.47. The molecule has 3 N–H and O–H groups in total. The lowest BCUT2D eigenvalue weighted by molar-refractivity contribution is -0.161. The van der Waals surface area contributed by atoms with E-state index in [4.69, 9.17) is 23.8 Å². The van der Waals surface area contributed by atoms with Gasteiger partial charge in [-0.15, -0.1) is 0 Å². The molecule has 5 atom stereocenters. The molecular formula is C44H77O11P. The maximum atomic E-state index is 12.6. The molecule has 12 heteroatoms. The fourth-order valence-electron chi connectivity index (χ4n) is 5.84. The molecule has 0 aromatic rings. The first-order valence-corrected chi connectivity index (χ1v) is 23.2. The van der Waals surface area contributed by atoms with Crippen molar-refractivity contribution in [2.45, 2.75) is 192 Å². The second-order valence-corrected chi connectivity index (χ2v) is 16.2. The number of hydrogen-bond acceptors (Lipinski definition) is 10. The number of hydrogen-bond donors (Lipinski definition) is 3. The van der Waals surface area contributed by atoms with E-state index in [0.29, 0.717) is 31.5 Å². The largest absolute Gasteiger partial charge is 0.472 e. The summed E-state index contributed by atoms with van der Waals surface area (Å²) in [6.45, 7) is 2.25. The minimum Gasteiger partial charge on any atom is -0.462 e. The van der Waals surface area contributed by atoms with Gasteiger partial charge in [0.1, 0.15) is 12.7 Å². The first kappa shape index (κ1) is 51.9.